The molecule has 0 bridgehead atoms. The third-order valence-electron chi connectivity index (χ3n) is 3.94. The Morgan fingerprint density at radius 2 is 2.32 bits per heavy atom. The number of nitrogens with one attached hydrogen (secondary N) is 2. The van der Waals surface area contributed by atoms with Crippen LogP contribution in [0.15, 0.2) is 18.2 Å². The van der Waals surface area contributed by atoms with Crippen molar-refractivity contribution in [2.24, 2.45) is 0 Å². The molecule has 0 radical (unpaired) electrons. The SMILES string of the molecule is O=C(Nc1ccc2c(c1)CCOC2)c1nc2n(n1)CCCN2. The van der Waals surface area contributed by atoms with Crippen molar-refractivity contribution in [3.05, 3.63) is 35.2 Å². The first-order chi connectivity index (χ1) is 10.8. The van der Waals surface area contributed by atoms with Gasteiger partial charge in [0.2, 0.25) is 11.8 Å². The molecule has 0 unspecified atom stereocenters. The van der Waals surface area contributed by atoms with Gasteiger partial charge in [0.1, 0.15) is 0 Å². The summed E-state index contributed by atoms with van der Waals surface area (Å²) in [6.07, 6.45) is 1.87. The lowest BCUT2D eigenvalue weighted by molar-refractivity contribution is 0.101. The maximum Gasteiger partial charge on any atom is 0.295 e. The molecule has 2 aliphatic heterocycles. The molecule has 1 amide bonds. The number of hydrogen-bond acceptors (Lipinski definition) is 5. The van der Waals surface area contributed by atoms with Crippen LogP contribution in [0.1, 0.15) is 28.2 Å². The van der Waals surface area contributed by atoms with Crippen LogP contribution in [-0.2, 0) is 24.3 Å². The molecule has 0 saturated carbocycles. The van der Waals surface area contributed by atoms with Gasteiger partial charge in [-0.25, -0.2) is 4.68 Å². The number of aromatic nitrogens is 3. The molecule has 114 valence electrons. The highest BCUT2D eigenvalue weighted by molar-refractivity contribution is 6.01. The van der Waals surface area contributed by atoms with Gasteiger partial charge >= 0.3 is 0 Å². The van der Waals surface area contributed by atoms with Gasteiger partial charge < -0.3 is 15.4 Å². The zero-order chi connectivity index (χ0) is 14.9. The average molecular weight is 299 g/mol. The van der Waals surface area contributed by atoms with E-state index >= 15 is 0 Å². The Bertz CT molecular complexity index is 701. The van der Waals surface area contributed by atoms with Crippen molar-refractivity contribution in [2.45, 2.75) is 26.0 Å². The lowest BCUT2D eigenvalue weighted by atomic mass is 10.0. The summed E-state index contributed by atoms with van der Waals surface area (Å²) in [6, 6.07) is 5.89. The molecule has 4 rings (SSSR count). The second kappa shape index (κ2) is 5.42. The molecule has 1 aromatic carbocycles. The smallest absolute Gasteiger partial charge is 0.295 e. The number of carbonyl (C=O) groups is 1. The first kappa shape index (κ1) is 13.3. The third kappa shape index (κ3) is 2.43. The molecule has 0 saturated heterocycles. The first-order valence-corrected chi connectivity index (χ1v) is 7.49. The zero-order valence-corrected chi connectivity index (χ0v) is 12.1. The van der Waals surface area contributed by atoms with Crippen molar-refractivity contribution < 1.29 is 9.53 Å². The number of benzene rings is 1. The zero-order valence-electron chi connectivity index (χ0n) is 12.1. The third-order valence-corrected chi connectivity index (χ3v) is 3.94. The summed E-state index contributed by atoms with van der Waals surface area (Å²) in [5.41, 5.74) is 3.18. The van der Waals surface area contributed by atoms with E-state index in [0.717, 1.165) is 38.2 Å². The van der Waals surface area contributed by atoms with Crippen LogP contribution in [0.4, 0.5) is 11.6 Å². The summed E-state index contributed by atoms with van der Waals surface area (Å²) in [6.45, 7) is 3.03. The number of rotatable bonds is 2. The van der Waals surface area contributed by atoms with Gasteiger partial charge in [0.25, 0.3) is 5.91 Å². The summed E-state index contributed by atoms with van der Waals surface area (Å²) in [4.78, 5) is 16.5. The minimum absolute atomic E-state index is 0.199. The van der Waals surface area contributed by atoms with Crippen molar-refractivity contribution in [1.82, 2.24) is 14.8 Å². The summed E-state index contributed by atoms with van der Waals surface area (Å²) in [5, 5.41) is 10.3. The predicted octanol–water partition coefficient (Wildman–Crippen LogP) is 1.42. The van der Waals surface area contributed by atoms with Crippen LogP contribution < -0.4 is 10.6 Å². The molecule has 3 heterocycles. The molecule has 22 heavy (non-hydrogen) atoms. The molecular formula is C15H17N5O2. The quantitative estimate of drug-likeness (QED) is 0.876. The second-order valence-corrected chi connectivity index (χ2v) is 5.50. The molecule has 0 fully saturated rings. The normalized spacial score (nSPS) is 16.4. The summed E-state index contributed by atoms with van der Waals surface area (Å²) >= 11 is 0. The van der Waals surface area contributed by atoms with Crippen molar-refractivity contribution in [3.8, 4) is 0 Å². The summed E-state index contributed by atoms with van der Waals surface area (Å²) in [7, 11) is 0. The Morgan fingerprint density at radius 1 is 1.36 bits per heavy atom. The van der Waals surface area contributed by atoms with E-state index in [1.54, 1.807) is 4.68 Å². The van der Waals surface area contributed by atoms with Crippen LogP contribution in [0.5, 0.6) is 0 Å². The van der Waals surface area contributed by atoms with Crippen LogP contribution in [0.2, 0.25) is 0 Å². The largest absolute Gasteiger partial charge is 0.376 e. The van der Waals surface area contributed by atoms with Crippen LogP contribution in [0.3, 0.4) is 0 Å². The van der Waals surface area contributed by atoms with Crippen LogP contribution in [-0.4, -0.2) is 33.8 Å². The first-order valence-electron chi connectivity index (χ1n) is 7.49. The molecule has 0 atom stereocenters. The molecule has 7 heteroatoms. The van der Waals surface area contributed by atoms with E-state index < -0.39 is 0 Å². The highest BCUT2D eigenvalue weighted by Crippen LogP contribution is 2.21. The van der Waals surface area contributed by atoms with Gasteiger partial charge in [-0.3, -0.25) is 4.79 Å². The molecule has 7 nitrogen and oxygen atoms in total. The number of amides is 1. The van der Waals surface area contributed by atoms with Crippen molar-refractivity contribution in [2.75, 3.05) is 23.8 Å². The van der Waals surface area contributed by atoms with Crippen LogP contribution >= 0.6 is 0 Å². The highest BCUT2D eigenvalue weighted by atomic mass is 16.5. The maximum absolute atomic E-state index is 12.3. The minimum Gasteiger partial charge on any atom is -0.376 e. The fraction of sp³-hybridized carbons (Fsp3) is 0.400. The molecule has 1 aromatic heterocycles. The van der Waals surface area contributed by atoms with Gasteiger partial charge in [-0.2, -0.15) is 4.98 Å². The molecule has 0 spiro atoms. The topological polar surface area (TPSA) is 81.1 Å². The molecular weight excluding hydrogens is 282 g/mol. The van der Waals surface area contributed by atoms with Gasteiger partial charge in [-0.05, 0) is 36.1 Å². The molecule has 2 N–H and O–H groups in total. The lowest BCUT2D eigenvalue weighted by Gasteiger charge is -2.17. The molecule has 0 aliphatic carbocycles. The fourth-order valence-corrected chi connectivity index (χ4v) is 2.78. The van der Waals surface area contributed by atoms with E-state index in [2.05, 4.69) is 20.7 Å². The van der Waals surface area contributed by atoms with E-state index in [1.165, 1.54) is 11.1 Å². The lowest BCUT2D eigenvalue weighted by Crippen LogP contribution is -2.18. The standard InChI is InChI=1S/C15H17N5O2/c21-14(13-18-15-16-5-1-6-20(15)19-13)17-12-3-2-11-9-22-7-4-10(11)8-12/h2-3,8H,1,4-7,9H2,(H,17,21)(H,16,18,19). The molecule has 2 aromatic rings. The maximum atomic E-state index is 12.3. The Kier molecular flexibility index (Phi) is 3.27. The minimum atomic E-state index is -0.282. The summed E-state index contributed by atoms with van der Waals surface area (Å²) < 4.78 is 7.15. The van der Waals surface area contributed by atoms with Crippen LogP contribution in [0, 0.1) is 0 Å². The van der Waals surface area contributed by atoms with E-state index in [4.69, 9.17) is 4.74 Å². The average Bonchev–Trinajstić information content (AvgIpc) is 2.99. The number of nitrogens with zero attached hydrogens (tertiary/aromatic N) is 3. The van der Waals surface area contributed by atoms with E-state index in [-0.39, 0.29) is 11.7 Å². The Balaban J connectivity index is 1.53. The number of carbonyl (C=O) groups excluding carboxylic acids is 1. The van der Waals surface area contributed by atoms with E-state index in [9.17, 15) is 4.79 Å². The Hall–Kier alpha value is -2.41. The van der Waals surface area contributed by atoms with Gasteiger partial charge in [0, 0.05) is 18.8 Å². The number of aryl methyl sites for hydroxylation is 1. The van der Waals surface area contributed by atoms with Crippen molar-refractivity contribution >= 4 is 17.5 Å². The monoisotopic (exact) mass is 299 g/mol. The van der Waals surface area contributed by atoms with Crippen molar-refractivity contribution in [1.29, 1.82) is 0 Å². The van der Waals surface area contributed by atoms with Gasteiger partial charge in [-0.15, -0.1) is 5.10 Å². The number of fused-ring (bicyclic) bond motifs is 2. The summed E-state index contributed by atoms with van der Waals surface area (Å²) in [5.74, 6) is 0.583. The second-order valence-electron chi connectivity index (χ2n) is 5.50. The van der Waals surface area contributed by atoms with Crippen molar-refractivity contribution in [3.63, 3.8) is 0 Å². The Morgan fingerprint density at radius 3 is 3.23 bits per heavy atom. The van der Waals surface area contributed by atoms with Crippen LogP contribution in [0.25, 0.3) is 0 Å². The molecule has 2 aliphatic rings. The van der Waals surface area contributed by atoms with E-state index in [1.807, 2.05) is 18.2 Å². The van der Waals surface area contributed by atoms with Gasteiger partial charge in [0.15, 0.2) is 0 Å². The number of hydrogen-bond donors (Lipinski definition) is 2. The van der Waals surface area contributed by atoms with Gasteiger partial charge in [0.05, 0.1) is 13.2 Å². The number of ether oxygens (including phenoxy) is 1. The van der Waals surface area contributed by atoms with Gasteiger partial charge in [-0.1, -0.05) is 6.07 Å². The number of anilines is 2. The van der Waals surface area contributed by atoms with E-state index in [0.29, 0.717) is 12.6 Å². The highest BCUT2D eigenvalue weighted by Gasteiger charge is 2.19. The Labute approximate surface area is 127 Å². The fourth-order valence-electron chi connectivity index (χ4n) is 2.78. The predicted molar refractivity (Wildman–Crippen MR) is 80.9 cm³/mol.